The van der Waals surface area contributed by atoms with Gasteiger partial charge >= 0.3 is 0 Å². The molecule has 2 rings (SSSR count). The van der Waals surface area contributed by atoms with Crippen molar-refractivity contribution in [3.8, 4) is 0 Å². The number of nitrogens with one attached hydrogen (secondary N) is 1. The van der Waals surface area contributed by atoms with E-state index < -0.39 is 0 Å². The van der Waals surface area contributed by atoms with Gasteiger partial charge < -0.3 is 10.6 Å². The molecule has 0 unspecified atom stereocenters. The van der Waals surface area contributed by atoms with Gasteiger partial charge in [-0.1, -0.05) is 6.07 Å². The highest BCUT2D eigenvalue weighted by molar-refractivity contribution is 7.09. The first kappa shape index (κ1) is 11.0. The van der Waals surface area contributed by atoms with Crippen LogP contribution in [0.5, 0.6) is 0 Å². The van der Waals surface area contributed by atoms with Gasteiger partial charge in [0, 0.05) is 10.9 Å². The number of nitrogen functional groups attached to an aromatic ring is 1. The topological polar surface area (TPSA) is 57.9 Å². The molecule has 0 aliphatic rings. The molecule has 0 saturated heterocycles. The second kappa shape index (κ2) is 4.57. The number of H-pyrrole nitrogens is 1. The van der Waals surface area contributed by atoms with Crippen LogP contribution in [0.3, 0.4) is 0 Å². The number of hydrogen-bond donors (Lipinski definition) is 2. The number of hydrogen-bond acceptors (Lipinski definition) is 4. The van der Waals surface area contributed by atoms with Crippen LogP contribution in [-0.4, -0.2) is 16.2 Å². The van der Waals surface area contributed by atoms with Crippen molar-refractivity contribution < 1.29 is 0 Å². The highest BCUT2D eigenvalue weighted by Gasteiger charge is 2.15. The van der Waals surface area contributed by atoms with E-state index in [2.05, 4.69) is 46.5 Å². The molecule has 0 spiro atoms. The molecule has 0 aliphatic carbocycles. The van der Waals surface area contributed by atoms with Crippen molar-refractivity contribution >= 4 is 22.8 Å². The quantitative estimate of drug-likeness (QED) is 0.857. The van der Waals surface area contributed by atoms with E-state index in [0.29, 0.717) is 11.9 Å². The minimum atomic E-state index is 0.391. The number of anilines is 2. The molecule has 0 aliphatic heterocycles. The molecule has 0 saturated carbocycles. The van der Waals surface area contributed by atoms with Gasteiger partial charge in [0.15, 0.2) is 0 Å². The molecule has 86 valence electrons. The van der Waals surface area contributed by atoms with Crippen LogP contribution in [-0.2, 0) is 6.54 Å². The van der Waals surface area contributed by atoms with Crippen molar-refractivity contribution in [1.29, 1.82) is 0 Å². The Balaban J connectivity index is 2.21. The number of rotatable bonds is 4. The first-order chi connectivity index (χ1) is 7.68. The molecule has 0 amide bonds. The molecule has 0 radical (unpaired) electrons. The molecule has 0 aromatic carbocycles. The van der Waals surface area contributed by atoms with Crippen LogP contribution in [0, 0.1) is 0 Å². The van der Waals surface area contributed by atoms with Crippen LogP contribution in [0.1, 0.15) is 18.7 Å². The fourth-order valence-corrected chi connectivity index (χ4v) is 2.34. The lowest BCUT2D eigenvalue weighted by atomic mass is 10.2. The Hall–Kier alpha value is -1.49. The molecule has 2 aromatic rings. The predicted molar refractivity (Wildman–Crippen MR) is 68.6 cm³/mol. The van der Waals surface area contributed by atoms with Gasteiger partial charge in [-0.2, -0.15) is 5.10 Å². The standard InChI is InChI=1S/C11H16N4S/c1-8(2)15(7-9-4-3-5-16-9)10-6-13-14-11(10)12/h3-6,8H,7H2,1-2H3,(H3,12,13,14). The van der Waals surface area contributed by atoms with Crippen LogP contribution in [0.4, 0.5) is 11.5 Å². The molecule has 3 N–H and O–H groups in total. The van der Waals surface area contributed by atoms with E-state index in [0.717, 1.165) is 12.2 Å². The zero-order valence-corrected chi connectivity index (χ0v) is 10.3. The summed E-state index contributed by atoms with van der Waals surface area (Å²) < 4.78 is 0. The van der Waals surface area contributed by atoms with Crippen LogP contribution in [0.15, 0.2) is 23.7 Å². The van der Waals surface area contributed by atoms with E-state index in [4.69, 9.17) is 5.73 Å². The Labute approximate surface area is 99.1 Å². The smallest absolute Gasteiger partial charge is 0.142 e. The molecular weight excluding hydrogens is 220 g/mol. The summed E-state index contributed by atoms with van der Waals surface area (Å²) in [6, 6.07) is 4.59. The minimum absolute atomic E-state index is 0.391. The van der Waals surface area contributed by atoms with Gasteiger partial charge in [-0.05, 0) is 25.3 Å². The minimum Gasteiger partial charge on any atom is -0.382 e. The molecule has 0 atom stereocenters. The molecule has 2 aromatic heterocycles. The van der Waals surface area contributed by atoms with Gasteiger partial charge in [-0.25, -0.2) is 0 Å². The molecule has 16 heavy (non-hydrogen) atoms. The van der Waals surface area contributed by atoms with E-state index in [9.17, 15) is 0 Å². The fourth-order valence-electron chi connectivity index (χ4n) is 1.64. The Morgan fingerprint density at radius 1 is 1.56 bits per heavy atom. The number of aromatic amines is 1. The van der Waals surface area contributed by atoms with E-state index in [1.54, 1.807) is 17.5 Å². The lowest BCUT2D eigenvalue weighted by Crippen LogP contribution is -2.30. The number of thiophene rings is 1. The summed E-state index contributed by atoms with van der Waals surface area (Å²) in [5.74, 6) is 0.630. The number of nitrogens with zero attached hydrogens (tertiary/aromatic N) is 2. The van der Waals surface area contributed by atoms with Crippen molar-refractivity contribution in [2.24, 2.45) is 0 Å². The lowest BCUT2D eigenvalue weighted by molar-refractivity contribution is 0.688. The summed E-state index contributed by atoms with van der Waals surface area (Å²) in [5.41, 5.74) is 6.83. The van der Waals surface area contributed by atoms with Gasteiger partial charge in [0.2, 0.25) is 0 Å². The van der Waals surface area contributed by atoms with Crippen molar-refractivity contribution in [1.82, 2.24) is 10.2 Å². The molecule has 4 nitrogen and oxygen atoms in total. The second-order valence-corrected chi connectivity index (χ2v) is 5.00. The first-order valence-electron chi connectivity index (χ1n) is 5.26. The van der Waals surface area contributed by atoms with Gasteiger partial charge in [0.05, 0.1) is 18.4 Å². The summed E-state index contributed by atoms with van der Waals surface area (Å²) in [5, 5.41) is 8.83. The summed E-state index contributed by atoms with van der Waals surface area (Å²) in [7, 11) is 0. The monoisotopic (exact) mass is 236 g/mol. The molecule has 0 fully saturated rings. The maximum absolute atomic E-state index is 5.85. The third-order valence-electron chi connectivity index (χ3n) is 2.49. The van der Waals surface area contributed by atoms with Crippen molar-refractivity contribution in [2.75, 3.05) is 10.6 Å². The number of aromatic nitrogens is 2. The summed E-state index contributed by atoms with van der Waals surface area (Å²) in [6.45, 7) is 5.18. The third-order valence-corrected chi connectivity index (χ3v) is 3.35. The Morgan fingerprint density at radius 2 is 2.38 bits per heavy atom. The summed E-state index contributed by atoms with van der Waals surface area (Å²) >= 11 is 1.76. The first-order valence-corrected chi connectivity index (χ1v) is 6.14. The Kier molecular flexibility index (Phi) is 3.14. The average Bonchev–Trinajstić information content (AvgIpc) is 2.85. The molecule has 2 heterocycles. The lowest BCUT2D eigenvalue weighted by Gasteiger charge is -2.27. The van der Waals surface area contributed by atoms with Crippen LogP contribution in [0.2, 0.25) is 0 Å². The Morgan fingerprint density at radius 3 is 2.88 bits per heavy atom. The van der Waals surface area contributed by atoms with Crippen LogP contribution < -0.4 is 10.6 Å². The van der Waals surface area contributed by atoms with Gasteiger partial charge in [0.1, 0.15) is 5.82 Å². The SMILES string of the molecule is CC(C)N(Cc1cccs1)c1cn[nH]c1N. The van der Waals surface area contributed by atoms with E-state index in [1.165, 1.54) is 4.88 Å². The van der Waals surface area contributed by atoms with Gasteiger partial charge in [-0.15, -0.1) is 11.3 Å². The highest BCUT2D eigenvalue weighted by Crippen LogP contribution is 2.25. The van der Waals surface area contributed by atoms with Gasteiger partial charge in [0.25, 0.3) is 0 Å². The predicted octanol–water partition coefficient (Wildman–Crippen LogP) is 2.47. The fraction of sp³-hybridized carbons (Fsp3) is 0.364. The zero-order valence-electron chi connectivity index (χ0n) is 9.47. The number of nitrogens with two attached hydrogens (primary N) is 1. The largest absolute Gasteiger partial charge is 0.382 e. The van der Waals surface area contributed by atoms with E-state index in [-0.39, 0.29) is 0 Å². The highest BCUT2D eigenvalue weighted by atomic mass is 32.1. The molecular formula is C11H16N4S. The summed E-state index contributed by atoms with van der Waals surface area (Å²) in [4.78, 5) is 3.57. The van der Waals surface area contributed by atoms with E-state index >= 15 is 0 Å². The Bertz CT molecular complexity index is 433. The maximum Gasteiger partial charge on any atom is 0.142 e. The van der Waals surface area contributed by atoms with E-state index in [1.807, 2.05) is 0 Å². The zero-order chi connectivity index (χ0) is 11.5. The van der Waals surface area contributed by atoms with Crippen LogP contribution >= 0.6 is 11.3 Å². The third kappa shape index (κ3) is 2.19. The second-order valence-electron chi connectivity index (χ2n) is 3.97. The van der Waals surface area contributed by atoms with Crippen molar-refractivity contribution in [3.05, 3.63) is 28.6 Å². The summed E-state index contributed by atoms with van der Waals surface area (Å²) in [6.07, 6.45) is 1.78. The molecule has 0 bridgehead atoms. The van der Waals surface area contributed by atoms with Gasteiger partial charge in [-0.3, -0.25) is 5.10 Å². The van der Waals surface area contributed by atoms with Crippen molar-refractivity contribution in [2.45, 2.75) is 26.4 Å². The van der Waals surface area contributed by atoms with Crippen molar-refractivity contribution in [3.63, 3.8) is 0 Å². The normalized spacial score (nSPS) is 10.9. The maximum atomic E-state index is 5.85. The van der Waals surface area contributed by atoms with Crippen LogP contribution in [0.25, 0.3) is 0 Å². The average molecular weight is 236 g/mol. The molecule has 5 heteroatoms.